The monoisotopic (exact) mass is 343 g/mol. The van der Waals surface area contributed by atoms with Gasteiger partial charge in [-0.2, -0.15) is 0 Å². The molecule has 4 nitrogen and oxygen atoms in total. The van der Waals surface area contributed by atoms with Crippen LogP contribution in [-0.4, -0.2) is 23.7 Å². The highest BCUT2D eigenvalue weighted by Gasteiger charge is 2.18. The van der Waals surface area contributed by atoms with Gasteiger partial charge in [0.2, 0.25) is 0 Å². The number of hydrogen-bond acceptors (Lipinski definition) is 3. The molecule has 1 atom stereocenters. The normalized spacial score (nSPS) is 12.4. The first-order valence-electron chi connectivity index (χ1n) is 6.82. The van der Waals surface area contributed by atoms with Crippen LogP contribution in [0.25, 0.3) is 0 Å². The fourth-order valence-electron chi connectivity index (χ4n) is 1.72. The Morgan fingerprint density at radius 1 is 1.45 bits per heavy atom. The molecule has 0 spiro atoms. The summed E-state index contributed by atoms with van der Waals surface area (Å²) in [6.45, 7) is 7.87. The van der Waals surface area contributed by atoms with Crippen LogP contribution in [0.4, 0.5) is 0 Å². The largest absolute Gasteiger partial charge is 0.479 e. The fourth-order valence-corrected chi connectivity index (χ4v) is 2.24. The number of hydrogen-bond donors (Lipinski definition) is 2. The molecule has 0 aromatic heterocycles. The Bertz CT molecular complexity index is 449. The van der Waals surface area contributed by atoms with Crippen molar-refractivity contribution in [1.29, 1.82) is 0 Å². The lowest BCUT2D eigenvalue weighted by Crippen LogP contribution is -2.26. The summed E-state index contributed by atoms with van der Waals surface area (Å²) in [6, 6.07) is 5.71. The van der Waals surface area contributed by atoms with Crippen LogP contribution in [0.1, 0.15) is 32.8 Å². The number of ether oxygens (including phenoxy) is 1. The van der Waals surface area contributed by atoms with Gasteiger partial charge in [-0.3, -0.25) is 0 Å². The summed E-state index contributed by atoms with van der Waals surface area (Å²) in [5.41, 5.74) is 1.13. The van der Waals surface area contributed by atoms with Crippen molar-refractivity contribution in [2.45, 2.75) is 39.8 Å². The smallest absolute Gasteiger partial charge is 0.344 e. The van der Waals surface area contributed by atoms with Gasteiger partial charge in [0.05, 0.1) is 4.47 Å². The van der Waals surface area contributed by atoms with Gasteiger partial charge >= 0.3 is 5.97 Å². The maximum Gasteiger partial charge on any atom is 0.344 e. The Balaban J connectivity index is 2.65. The van der Waals surface area contributed by atoms with E-state index in [1.807, 2.05) is 18.2 Å². The van der Waals surface area contributed by atoms with Gasteiger partial charge in [0.1, 0.15) is 5.75 Å². The van der Waals surface area contributed by atoms with Crippen molar-refractivity contribution in [3.8, 4) is 5.75 Å². The van der Waals surface area contributed by atoms with Gasteiger partial charge in [-0.15, -0.1) is 0 Å². The highest BCUT2D eigenvalue weighted by Crippen LogP contribution is 2.27. The Morgan fingerprint density at radius 2 is 2.15 bits per heavy atom. The van der Waals surface area contributed by atoms with Crippen LogP contribution >= 0.6 is 15.9 Å². The minimum Gasteiger partial charge on any atom is -0.479 e. The molecule has 1 unspecified atom stereocenters. The van der Waals surface area contributed by atoms with Gasteiger partial charge in [-0.05, 0) is 52.5 Å². The SMILES string of the molecule is CCC(Oc1ccc(CNCC(C)C)cc1Br)C(=O)O. The van der Waals surface area contributed by atoms with E-state index in [0.717, 1.165) is 23.1 Å². The van der Waals surface area contributed by atoms with Crippen molar-refractivity contribution in [3.63, 3.8) is 0 Å². The number of rotatable bonds is 8. The quantitative estimate of drug-likeness (QED) is 0.759. The van der Waals surface area contributed by atoms with Crippen LogP contribution in [0.15, 0.2) is 22.7 Å². The van der Waals surface area contributed by atoms with E-state index in [-0.39, 0.29) is 0 Å². The standard InChI is InChI=1S/C15H22BrNO3/c1-4-13(15(18)19)20-14-6-5-11(7-12(14)16)9-17-8-10(2)3/h5-7,10,13,17H,4,8-9H2,1-3H3,(H,18,19). The fraction of sp³-hybridized carbons (Fsp3) is 0.533. The van der Waals surface area contributed by atoms with Gasteiger partial charge < -0.3 is 15.2 Å². The summed E-state index contributed by atoms with van der Waals surface area (Å²) in [5, 5.41) is 12.4. The van der Waals surface area contributed by atoms with E-state index in [0.29, 0.717) is 18.1 Å². The second kappa shape index (κ2) is 8.27. The second-order valence-electron chi connectivity index (χ2n) is 5.14. The number of benzene rings is 1. The molecular weight excluding hydrogens is 322 g/mol. The van der Waals surface area contributed by atoms with Crippen LogP contribution in [0.5, 0.6) is 5.75 Å². The van der Waals surface area contributed by atoms with E-state index in [1.165, 1.54) is 0 Å². The van der Waals surface area contributed by atoms with Crippen molar-refractivity contribution in [2.75, 3.05) is 6.54 Å². The molecule has 0 fully saturated rings. The number of nitrogens with one attached hydrogen (secondary N) is 1. The zero-order valence-electron chi connectivity index (χ0n) is 12.1. The summed E-state index contributed by atoms with van der Waals surface area (Å²) >= 11 is 3.43. The minimum atomic E-state index is -0.943. The van der Waals surface area contributed by atoms with E-state index >= 15 is 0 Å². The number of halogens is 1. The molecule has 0 saturated carbocycles. The van der Waals surface area contributed by atoms with E-state index < -0.39 is 12.1 Å². The predicted octanol–water partition coefficient (Wildman–Crippen LogP) is 3.44. The summed E-state index contributed by atoms with van der Waals surface area (Å²) in [4.78, 5) is 11.0. The Labute approximate surface area is 128 Å². The lowest BCUT2D eigenvalue weighted by Gasteiger charge is -2.15. The molecule has 0 aliphatic heterocycles. The van der Waals surface area contributed by atoms with Gasteiger partial charge in [0, 0.05) is 6.54 Å². The summed E-state index contributed by atoms with van der Waals surface area (Å²) in [5.74, 6) is 0.232. The number of carboxylic acids is 1. The van der Waals surface area contributed by atoms with Gasteiger partial charge in [-0.25, -0.2) is 4.79 Å². The molecule has 1 aromatic carbocycles. The molecule has 0 aliphatic carbocycles. The van der Waals surface area contributed by atoms with Gasteiger partial charge in [-0.1, -0.05) is 26.8 Å². The van der Waals surface area contributed by atoms with Crippen LogP contribution in [0.3, 0.4) is 0 Å². The van der Waals surface area contributed by atoms with Crippen molar-refractivity contribution in [1.82, 2.24) is 5.32 Å². The van der Waals surface area contributed by atoms with Crippen molar-refractivity contribution in [3.05, 3.63) is 28.2 Å². The molecule has 5 heteroatoms. The van der Waals surface area contributed by atoms with E-state index in [4.69, 9.17) is 9.84 Å². The maximum atomic E-state index is 11.0. The third-order valence-electron chi connectivity index (χ3n) is 2.79. The summed E-state index contributed by atoms with van der Waals surface area (Å²) in [7, 11) is 0. The van der Waals surface area contributed by atoms with Crippen LogP contribution in [0.2, 0.25) is 0 Å². The van der Waals surface area contributed by atoms with Crippen LogP contribution < -0.4 is 10.1 Å². The first-order chi connectivity index (χ1) is 9.43. The number of carboxylic acid groups (broad SMARTS) is 1. The zero-order valence-corrected chi connectivity index (χ0v) is 13.7. The molecule has 20 heavy (non-hydrogen) atoms. The molecule has 1 aromatic rings. The molecule has 0 bridgehead atoms. The second-order valence-corrected chi connectivity index (χ2v) is 6.00. The zero-order chi connectivity index (χ0) is 15.1. The summed E-state index contributed by atoms with van der Waals surface area (Å²) in [6.07, 6.45) is -0.379. The molecule has 1 rings (SSSR count). The highest BCUT2D eigenvalue weighted by atomic mass is 79.9. The number of carbonyl (C=O) groups is 1. The van der Waals surface area contributed by atoms with E-state index in [9.17, 15) is 4.79 Å². The predicted molar refractivity (Wildman–Crippen MR) is 83.0 cm³/mol. The highest BCUT2D eigenvalue weighted by molar-refractivity contribution is 9.10. The maximum absolute atomic E-state index is 11.0. The third kappa shape index (κ3) is 5.51. The minimum absolute atomic E-state index is 0.430. The first-order valence-corrected chi connectivity index (χ1v) is 7.62. The Kier molecular flexibility index (Phi) is 7.02. The number of aliphatic carboxylic acids is 1. The topological polar surface area (TPSA) is 58.6 Å². The van der Waals surface area contributed by atoms with Crippen molar-refractivity contribution in [2.24, 2.45) is 5.92 Å². The average molecular weight is 344 g/mol. The van der Waals surface area contributed by atoms with Crippen LogP contribution in [0, 0.1) is 5.92 Å². The molecule has 112 valence electrons. The molecule has 0 radical (unpaired) electrons. The lowest BCUT2D eigenvalue weighted by atomic mass is 10.2. The molecular formula is C15H22BrNO3. The summed E-state index contributed by atoms with van der Waals surface area (Å²) < 4.78 is 6.27. The van der Waals surface area contributed by atoms with Gasteiger partial charge in [0.15, 0.2) is 6.10 Å². The van der Waals surface area contributed by atoms with Gasteiger partial charge in [0.25, 0.3) is 0 Å². The molecule has 0 heterocycles. The van der Waals surface area contributed by atoms with E-state index in [2.05, 4.69) is 35.1 Å². The molecule has 2 N–H and O–H groups in total. The molecule has 0 amide bonds. The molecule has 0 saturated heterocycles. The van der Waals surface area contributed by atoms with Crippen LogP contribution in [-0.2, 0) is 11.3 Å². The lowest BCUT2D eigenvalue weighted by molar-refractivity contribution is -0.145. The first kappa shape index (κ1) is 17.0. The molecule has 0 aliphatic rings. The van der Waals surface area contributed by atoms with E-state index in [1.54, 1.807) is 6.92 Å². The van der Waals surface area contributed by atoms with Crippen molar-refractivity contribution >= 4 is 21.9 Å². The average Bonchev–Trinajstić information content (AvgIpc) is 2.37. The van der Waals surface area contributed by atoms with Crippen molar-refractivity contribution < 1.29 is 14.6 Å². The Morgan fingerprint density at radius 3 is 2.65 bits per heavy atom. The Hall–Kier alpha value is -1.07. The third-order valence-corrected chi connectivity index (χ3v) is 3.41.